The maximum atomic E-state index is 12.1. The van der Waals surface area contributed by atoms with Crippen LogP contribution in [0.25, 0.3) is 0 Å². The number of nitrogens with one attached hydrogen (secondary N) is 1. The number of anilines is 1. The van der Waals surface area contributed by atoms with Crippen LogP contribution in [0, 0.1) is 5.92 Å². The van der Waals surface area contributed by atoms with Gasteiger partial charge in [-0.3, -0.25) is 4.79 Å². The number of rotatable bonds is 3. The summed E-state index contributed by atoms with van der Waals surface area (Å²) >= 11 is 5.98. The average molecular weight is 283 g/mol. The van der Waals surface area contributed by atoms with Gasteiger partial charge in [0.1, 0.15) is 0 Å². The monoisotopic (exact) mass is 282 g/mol. The molecule has 1 aliphatic rings. The largest absolute Gasteiger partial charge is 0.398 e. The van der Waals surface area contributed by atoms with Crippen molar-refractivity contribution < 1.29 is 9.90 Å². The molecule has 104 valence electrons. The lowest BCUT2D eigenvalue weighted by molar-refractivity contribution is 0.0663. The molecule has 4 N–H and O–H groups in total. The fourth-order valence-corrected chi connectivity index (χ4v) is 2.79. The molecule has 2 atom stereocenters. The fraction of sp³-hybridized carbons (Fsp3) is 0.500. The summed E-state index contributed by atoms with van der Waals surface area (Å²) in [4.78, 5) is 12.1. The quantitative estimate of drug-likeness (QED) is 0.744. The van der Waals surface area contributed by atoms with E-state index in [2.05, 4.69) is 5.32 Å². The lowest BCUT2D eigenvalue weighted by atomic mass is 9.86. The van der Waals surface area contributed by atoms with Gasteiger partial charge in [0.05, 0.1) is 16.7 Å². The van der Waals surface area contributed by atoms with E-state index < -0.39 is 0 Å². The molecule has 0 aromatic heterocycles. The molecule has 0 heterocycles. The summed E-state index contributed by atoms with van der Waals surface area (Å²) in [6.07, 6.45) is 3.60. The van der Waals surface area contributed by atoms with Crippen molar-refractivity contribution in [2.75, 3.05) is 12.3 Å². The van der Waals surface area contributed by atoms with Crippen LogP contribution in [0.5, 0.6) is 0 Å². The van der Waals surface area contributed by atoms with E-state index in [1.807, 2.05) is 0 Å². The summed E-state index contributed by atoms with van der Waals surface area (Å²) < 4.78 is 0. The number of nitrogen functional groups attached to an aromatic ring is 1. The van der Waals surface area contributed by atoms with Crippen LogP contribution in [-0.2, 0) is 0 Å². The number of amides is 1. The number of hydrogen-bond acceptors (Lipinski definition) is 3. The van der Waals surface area contributed by atoms with Gasteiger partial charge >= 0.3 is 0 Å². The summed E-state index contributed by atoms with van der Waals surface area (Å²) in [5, 5.41) is 13.0. The van der Waals surface area contributed by atoms with Gasteiger partial charge in [-0.2, -0.15) is 0 Å². The van der Waals surface area contributed by atoms with Gasteiger partial charge in [0, 0.05) is 18.2 Å². The first-order chi connectivity index (χ1) is 9.09. The fourth-order valence-electron chi connectivity index (χ4n) is 2.52. The predicted octanol–water partition coefficient (Wildman–Crippen LogP) is 2.20. The maximum Gasteiger partial charge on any atom is 0.254 e. The van der Waals surface area contributed by atoms with Crippen LogP contribution in [0.4, 0.5) is 5.69 Å². The molecule has 0 spiro atoms. The standard InChI is InChI=1S/C14H19ClN2O2/c15-10-5-3-6-11(16)13(10)14(19)17-8-9-4-1-2-7-12(9)18/h3,5-6,9,12,18H,1-2,4,7-8,16H2,(H,17,19). The van der Waals surface area contributed by atoms with Crippen molar-refractivity contribution in [1.29, 1.82) is 0 Å². The minimum absolute atomic E-state index is 0.126. The first-order valence-electron chi connectivity index (χ1n) is 6.60. The Morgan fingerprint density at radius 2 is 2.16 bits per heavy atom. The number of aliphatic hydroxyl groups excluding tert-OH is 1. The van der Waals surface area contributed by atoms with Crippen LogP contribution in [0.2, 0.25) is 5.02 Å². The van der Waals surface area contributed by atoms with Crippen LogP contribution in [0.15, 0.2) is 18.2 Å². The minimum Gasteiger partial charge on any atom is -0.398 e. The second-order valence-electron chi connectivity index (χ2n) is 5.03. The smallest absolute Gasteiger partial charge is 0.254 e. The third-order valence-corrected chi connectivity index (χ3v) is 3.98. The Morgan fingerprint density at radius 3 is 2.84 bits per heavy atom. The predicted molar refractivity (Wildman–Crippen MR) is 76.2 cm³/mol. The van der Waals surface area contributed by atoms with Gasteiger partial charge in [-0.15, -0.1) is 0 Å². The molecule has 0 saturated heterocycles. The highest BCUT2D eigenvalue weighted by Crippen LogP contribution is 2.25. The SMILES string of the molecule is Nc1cccc(Cl)c1C(=O)NCC1CCCCC1O. The van der Waals surface area contributed by atoms with Crippen LogP contribution < -0.4 is 11.1 Å². The molecule has 1 aromatic carbocycles. The molecule has 0 radical (unpaired) electrons. The number of aliphatic hydroxyl groups is 1. The number of nitrogens with two attached hydrogens (primary N) is 1. The summed E-state index contributed by atoms with van der Waals surface area (Å²) in [6, 6.07) is 5.00. The van der Waals surface area contributed by atoms with Crippen molar-refractivity contribution in [1.82, 2.24) is 5.32 Å². The zero-order valence-electron chi connectivity index (χ0n) is 10.7. The molecule has 1 amide bonds. The highest BCUT2D eigenvalue weighted by Gasteiger charge is 2.24. The zero-order chi connectivity index (χ0) is 13.8. The van der Waals surface area contributed by atoms with E-state index in [9.17, 15) is 9.90 Å². The Labute approximate surface area is 117 Å². The Bertz CT molecular complexity index is 445. The van der Waals surface area contributed by atoms with E-state index in [1.165, 1.54) is 0 Å². The molecule has 1 fully saturated rings. The molecule has 2 rings (SSSR count). The molecule has 2 unspecified atom stereocenters. The molecule has 5 heteroatoms. The third kappa shape index (κ3) is 3.39. The number of benzene rings is 1. The van der Waals surface area contributed by atoms with Crippen LogP contribution in [-0.4, -0.2) is 23.7 Å². The van der Waals surface area contributed by atoms with Crippen molar-refractivity contribution in [3.05, 3.63) is 28.8 Å². The second kappa shape index (κ2) is 6.26. The van der Waals surface area contributed by atoms with E-state index in [0.717, 1.165) is 25.7 Å². The van der Waals surface area contributed by atoms with E-state index in [-0.39, 0.29) is 17.9 Å². The number of carbonyl (C=O) groups is 1. The third-order valence-electron chi connectivity index (χ3n) is 3.67. The first-order valence-corrected chi connectivity index (χ1v) is 6.97. The van der Waals surface area contributed by atoms with Gasteiger partial charge in [0.15, 0.2) is 0 Å². The Balaban J connectivity index is 1.97. The minimum atomic E-state index is -0.322. The number of hydrogen-bond donors (Lipinski definition) is 3. The Morgan fingerprint density at radius 1 is 1.42 bits per heavy atom. The van der Waals surface area contributed by atoms with Gasteiger partial charge in [-0.1, -0.05) is 30.5 Å². The Hall–Kier alpha value is -1.26. The zero-order valence-corrected chi connectivity index (χ0v) is 11.5. The van der Waals surface area contributed by atoms with Gasteiger partial charge in [0.25, 0.3) is 5.91 Å². The molecule has 1 aliphatic carbocycles. The van der Waals surface area contributed by atoms with E-state index in [4.69, 9.17) is 17.3 Å². The molecule has 1 saturated carbocycles. The van der Waals surface area contributed by atoms with Crippen molar-refractivity contribution in [3.8, 4) is 0 Å². The number of carbonyl (C=O) groups excluding carboxylic acids is 1. The van der Waals surface area contributed by atoms with E-state index in [0.29, 0.717) is 22.8 Å². The molecule has 0 aliphatic heterocycles. The lowest BCUT2D eigenvalue weighted by Crippen LogP contribution is -2.37. The van der Waals surface area contributed by atoms with E-state index in [1.54, 1.807) is 18.2 Å². The van der Waals surface area contributed by atoms with Crippen LogP contribution >= 0.6 is 11.6 Å². The van der Waals surface area contributed by atoms with Gasteiger partial charge in [-0.25, -0.2) is 0 Å². The number of halogens is 1. The summed E-state index contributed by atoms with van der Waals surface area (Å²) in [6.45, 7) is 0.463. The van der Waals surface area contributed by atoms with E-state index >= 15 is 0 Å². The Kier molecular flexibility index (Phi) is 4.66. The average Bonchev–Trinajstić information content (AvgIpc) is 2.37. The van der Waals surface area contributed by atoms with Gasteiger partial charge < -0.3 is 16.2 Å². The lowest BCUT2D eigenvalue weighted by Gasteiger charge is -2.27. The summed E-state index contributed by atoms with van der Waals surface area (Å²) in [7, 11) is 0. The van der Waals surface area contributed by atoms with Crippen LogP contribution in [0.1, 0.15) is 36.0 Å². The van der Waals surface area contributed by atoms with Crippen molar-refractivity contribution >= 4 is 23.2 Å². The topological polar surface area (TPSA) is 75.4 Å². The second-order valence-corrected chi connectivity index (χ2v) is 5.43. The highest BCUT2D eigenvalue weighted by atomic mass is 35.5. The van der Waals surface area contributed by atoms with Gasteiger partial charge in [-0.05, 0) is 25.0 Å². The summed E-state index contributed by atoms with van der Waals surface area (Å²) in [5.74, 6) is -0.151. The molecule has 1 aromatic rings. The molecular formula is C14H19ClN2O2. The molecule has 0 bridgehead atoms. The van der Waals surface area contributed by atoms with Crippen molar-refractivity contribution in [2.45, 2.75) is 31.8 Å². The molecule has 4 nitrogen and oxygen atoms in total. The maximum absolute atomic E-state index is 12.1. The normalized spacial score (nSPS) is 23.1. The van der Waals surface area contributed by atoms with Crippen molar-refractivity contribution in [2.24, 2.45) is 5.92 Å². The van der Waals surface area contributed by atoms with Crippen LogP contribution in [0.3, 0.4) is 0 Å². The molecule has 19 heavy (non-hydrogen) atoms. The molecular weight excluding hydrogens is 264 g/mol. The van der Waals surface area contributed by atoms with Crippen molar-refractivity contribution in [3.63, 3.8) is 0 Å². The first kappa shape index (κ1) is 14.2. The van der Waals surface area contributed by atoms with Gasteiger partial charge in [0.2, 0.25) is 0 Å². The summed E-state index contributed by atoms with van der Waals surface area (Å²) in [5.41, 5.74) is 6.45. The highest BCUT2D eigenvalue weighted by molar-refractivity contribution is 6.34.